The molecule has 0 bridgehead atoms. The fourth-order valence-corrected chi connectivity index (χ4v) is 6.36. The Morgan fingerprint density at radius 2 is 2.26 bits per heavy atom. The fraction of sp³-hybridized carbons (Fsp3) is 0.667. The highest BCUT2D eigenvalue weighted by Gasteiger charge is 2.24. The number of nitrogens with two attached hydrogens (primary N) is 1. The monoisotopic (exact) mass is 320 g/mol. The van der Waals surface area contributed by atoms with E-state index < -0.39 is 10.0 Å². The average molecular weight is 321 g/mol. The predicted molar refractivity (Wildman–Crippen MR) is 82.2 cm³/mol. The molecule has 0 amide bonds. The maximum Gasteiger partial charge on any atom is 0.242 e. The maximum absolute atomic E-state index is 12.4. The highest BCUT2D eigenvalue weighted by atomic mass is 32.2. The van der Waals surface area contributed by atoms with E-state index in [-0.39, 0.29) is 6.54 Å². The lowest BCUT2D eigenvalue weighted by atomic mass is 10.2. The minimum Gasteiger partial charge on any atom is -0.326 e. The highest BCUT2D eigenvalue weighted by Crippen LogP contribution is 2.28. The van der Waals surface area contributed by atoms with Gasteiger partial charge >= 0.3 is 0 Å². The van der Waals surface area contributed by atoms with Gasteiger partial charge in [0, 0.05) is 23.2 Å². The third-order valence-corrected chi connectivity index (χ3v) is 7.53. The van der Waals surface area contributed by atoms with E-state index in [1.54, 1.807) is 0 Å². The number of thiophene rings is 1. The summed E-state index contributed by atoms with van der Waals surface area (Å²) in [7, 11) is -3.42. The van der Waals surface area contributed by atoms with E-state index >= 15 is 0 Å². The maximum atomic E-state index is 12.4. The molecule has 4 nitrogen and oxygen atoms in total. The summed E-state index contributed by atoms with van der Waals surface area (Å²) in [4.78, 5) is 1.13. The molecule has 2 rings (SSSR count). The van der Waals surface area contributed by atoms with Gasteiger partial charge in [-0.05, 0) is 36.5 Å². The molecule has 1 fully saturated rings. The molecule has 1 unspecified atom stereocenters. The van der Waals surface area contributed by atoms with Crippen LogP contribution in [0.15, 0.2) is 10.3 Å². The second-order valence-electron chi connectivity index (χ2n) is 4.72. The molecule has 1 aliphatic rings. The topological polar surface area (TPSA) is 72.2 Å². The molecule has 0 spiro atoms. The Morgan fingerprint density at radius 1 is 1.47 bits per heavy atom. The van der Waals surface area contributed by atoms with Gasteiger partial charge in [0.05, 0.1) is 0 Å². The van der Waals surface area contributed by atoms with E-state index in [1.807, 2.05) is 24.1 Å². The Kier molecular flexibility index (Phi) is 5.30. The van der Waals surface area contributed by atoms with Gasteiger partial charge in [0.2, 0.25) is 10.0 Å². The Hall–Kier alpha value is -0.0800. The summed E-state index contributed by atoms with van der Waals surface area (Å²) in [6.45, 7) is 2.61. The normalized spacial score (nSPS) is 20.6. The summed E-state index contributed by atoms with van der Waals surface area (Å²) in [5, 5.41) is 2.26. The molecule has 0 aliphatic carbocycles. The van der Waals surface area contributed by atoms with Crippen LogP contribution in [0, 0.1) is 6.92 Å². The predicted octanol–water partition coefficient (Wildman–Crippen LogP) is 2.08. The van der Waals surface area contributed by atoms with E-state index in [0.29, 0.717) is 16.7 Å². The number of aryl methyl sites for hydroxylation is 1. The van der Waals surface area contributed by atoms with E-state index in [4.69, 9.17) is 5.73 Å². The Balaban J connectivity index is 2.07. The first-order valence-electron chi connectivity index (χ1n) is 6.43. The van der Waals surface area contributed by atoms with Crippen LogP contribution >= 0.6 is 23.1 Å². The molecule has 7 heteroatoms. The van der Waals surface area contributed by atoms with Gasteiger partial charge in [-0.3, -0.25) is 0 Å². The van der Waals surface area contributed by atoms with Crippen LogP contribution in [0.25, 0.3) is 0 Å². The Labute approximate surface area is 123 Å². The van der Waals surface area contributed by atoms with Crippen molar-refractivity contribution in [3.63, 3.8) is 0 Å². The van der Waals surface area contributed by atoms with Crippen LogP contribution in [-0.4, -0.2) is 26.0 Å². The van der Waals surface area contributed by atoms with E-state index in [2.05, 4.69) is 4.72 Å². The van der Waals surface area contributed by atoms with Gasteiger partial charge in [0.15, 0.2) is 0 Å². The quantitative estimate of drug-likeness (QED) is 0.871. The molecule has 1 aromatic heterocycles. The molecule has 0 saturated carbocycles. The molecule has 0 aromatic carbocycles. The summed E-state index contributed by atoms with van der Waals surface area (Å²) >= 11 is 3.28. The zero-order chi connectivity index (χ0) is 13.9. The molecular formula is C12H20N2O2S3. The first-order valence-corrected chi connectivity index (χ1v) is 9.84. The van der Waals surface area contributed by atoms with Crippen LogP contribution in [0.2, 0.25) is 0 Å². The summed E-state index contributed by atoms with van der Waals surface area (Å²) in [6, 6.07) is 0. The van der Waals surface area contributed by atoms with Crippen LogP contribution in [0.3, 0.4) is 0 Å². The number of rotatable bonds is 5. The number of thioether (sulfide) groups is 1. The van der Waals surface area contributed by atoms with Crippen molar-refractivity contribution in [3.05, 3.63) is 15.8 Å². The second kappa shape index (κ2) is 6.58. The Morgan fingerprint density at radius 3 is 2.89 bits per heavy atom. The lowest BCUT2D eigenvalue weighted by molar-refractivity contribution is 0.572. The molecule has 1 atom stereocenters. The van der Waals surface area contributed by atoms with Crippen molar-refractivity contribution in [1.82, 2.24) is 4.72 Å². The summed E-state index contributed by atoms with van der Waals surface area (Å²) in [6.07, 6.45) is 3.54. The first kappa shape index (κ1) is 15.3. The van der Waals surface area contributed by atoms with Gasteiger partial charge in [-0.1, -0.05) is 6.42 Å². The van der Waals surface area contributed by atoms with Gasteiger partial charge in [-0.2, -0.15) is 11.8 Å². The largest absolute Gasteiger partial charge is 0.326 e. The third kappa shape index (κ3) is 3.72. The van der Waals surface area contributed by atoms with Gasteiger partial charge in [-0.15, -0.1) is 11.3 Å². The van der Waals surface area contributed by atoms with Crippen molar-refractivity contribution in [2.45, 2.75) is 42.9 Å². The van der Waals surface area contributed by atoms with Crippen molar-refractivity contribution in [1.29, 1.82) is 0 Å². The average Bonchev–Trinajstić information content (AvgIpc) is 2.80. The van der Waals surface area contributed by atoms with Crippen LogP contribution < -0.4 is 10.5 Å². The zero-order valence-electron chi connectivity index (χ0n) is 11.0. The van der Waals surface area contributed by atoms with Crippen LogP contribution in [0.5, 0.6) is 0 Å². The molecular weight excluding hydrogens is 300 g/mol. The van der Waals surface area contributed by atoms with Crippen molar-refractivity contribution < 1.29 is 8.42 Å². The molecule has 3 N–H and O–H groups in total. The minimum atomic E-state index is -3.42. The van der Waals surface area contributed by atoms with Gasteiger partial charge < -0.3 is 5.73 Å². The highest BCUT2D eigenvalue weighted by molar-refractivity contribution is 8.00. The number of sulfonamides is 1. The first-order chi connectivity index (χ1) is 9.04. The molecule has 1 aliphatic heterocycles. The zero-order valence-corrected chi connectivity index (χ0v) is 13.5. The van der Waals surface area contributed by atoms with Crippen molar-refractivity contribution in [2.75, 3.05) is 12.3 Å². The lowest BCUT2D eigenvalue weighted by Crippen LogP contribution is -2.32. The fourth-order valence-electron chi connectivity index (χ4n) is 2.23. The smallest absolute Gasteiger partial charge is 0.242 e. The molecule has 2 heterocycles. The van der Waals surface area contributed by atoms with E-state index in [0.717, 1.165) is 22.6 Å². The van der Waals surface area contributed by atoms with Gasteiger partial charge in [-0.25, -0.2) is 13.1 Å². The second-order valence-corrected chi connectivity index (χ2v) is 8.79. The van der Waals surface area contributed by atoms with Crippen LogP contribution in [0.1, 0.15) is 29.7 Å². The SMILES string of the molecule is Cc1csc(CN)c1S(=O)(=O)NCC1CCCCS1. The van der Waals surface area contributed by atoms with Gasteiger partial charge in [0.25, 0.3) is 0 Å². The molecule has 0 radical (unpaired) electrons. The number of hydrogen-bond donors (Lipinski definition) is 2. The molecule has 108 valence electrons. The van der Waals surface area contributed by atoms with Crippen LogP contribution in [-0.2, 0) is 16.6 Å². The van der Waals surface area contributed by atoms with Crippen molar-refractivity contribution in [3.8, 4) is 0 Å². The van der Waals surface area contributed by atoms with Crippen molar-refractivity contribution in [2.24, 2.45) is 5.73 Å². The number of hydrogen-bond acceptors (Lipinski definition) is 5. The summed E-state index contributed by atoms with van der Waals surface area (Å²) in [5.41, 5.74) is 6.40. The van der Waals surface area contributed by atoms with E-state index in [9.17, 15) is 8.42 Å². The van der Waals surface area contributed by atoms with Crippen molar-refractivity contribution >= 4 is 33.1 Å². The molecule has 1 aromatic rings. The summed E-state index contributed by atoms with van der Waals surface area (Å²) < 4.78 is 27.5. The van der Waals surface area contributed by atoms with Gasteiger partial charge in [0.1, 0.15) is 4.90 Å². The lowest BCUT2D eigenvalue weighted by Gasteiger charge is -2.21. The minimum absolute atomic E-state index is 0.271. The molecule has 19 heavy (non-hydrogen) atoms. The third-order valence-electron chi connectivity index (χ3n) is 3.22. The Bertz CT molecular complexity index is 519. The summed E-state index contributed by atoms with van der Waals surface area (Å²) in [5.74, 6) is 1.14. The molecule has 1 saturated heterocycles. The number of nitrogens with one attached hydrogen (secondary N) is 1. The standard InChI is InChI=1S/C12H20N2O2S3/c1-9-8-18-11(6-13)12(9)19(15,16)14-7-10-4-2-3-5-17-10/h8,10,14H,2-7,13H2,1H3. The van der Waals surface area contributed by atoms with Crippen LogP contribution in [0.4, 0.5) is 0 Å². The van der Waals surface area contributed by atoms with E-state index in [1.165, 1.54) is 24.2 Å².